The van der Waals surface area contributed by atoms with Gasteiger partial charge in [-0.15, -0.1) is 0 Å². The number of piperidine rings is 1. The molecule has 0 aromatic rings. The highest BCUT2D eigenvalue weighted by Crippen LogP contribution is 2.23. The summed E-state index contributed by atoms with van der Waals surface area (Å²) in [5.74, 6) is -3.43. The fourth-order valence-corrected chi connectivity index (χ4v) is 2.54. The Bertz CT molecular complexity index is 336. The van der Waals surface area contributed by atoms with Gasteiger partial charge >= 0.3 is 5.76 Å². The summed E-state index contributed by atoms with van der Waals surface area (Å²) in [6.07, 6.45) is 1.57. The van der Waals surface area contributed by atoms with E-state index in [1.165, 1.54) is 0 Å². The lowest BCUT2D eigenvalue weighted by molar-refractivity contribution is 0.205. The molecule has 1 fully saturated rings. The number of nitriles is 1. The molecule has 1 rings (SSSR count). The minimum atomic E-state index is -4.58. The molecule has 4 nitrogen and oxygen atoms in total. The Balaban J connectivity index is 2.90. The Hall–Kier alpha value is -0.740. The van der Waals surface area contributed by atoms with Crippen LogP contribution in [0.5, 0.6) is 0 Å². The maximum Gasteiger partial charge on any atom is 0.350 e. The van der Waals surface area contributed by atoms with Gasteiger partial charge in [0.15, 0.2) is 0 Å². The normalized spacial score (nSPS) is 24.9. The zero-order valence-corrected chi connectivity index (χ0v) is 8.17. The van der Waals surface area contributed by atoms with Crippen LogP contribution in [0.1, 0.15) is 19.3 Å². The van der Waals surface area contributed by atoms with Gasteiger partial charge in [-0.2, -0.15) is 18.3 Å². The zero-order chi connectivity index (χ0) is 10.8. The molecule has 0 bridgehead atoms. The van der Waals surface area contributed by atoms with Gasteiger partial charge in [0.2, 0.25) is 0 Å². The predicted molar refractivity (Wildman–Crippen MR) is 44.9 cm³/mol. The monoisotopic (exact) mass is 224 g/mol. The number of hydrogen-bond acceptors (Lipinski definition) is 3. The first-order chi connectivity index (χ1) is 6.50. The van der Waals surface area contributed by atoms with Crippen molar-refractivity contribution in [3.63, 3.8) is 0 Å². The first-order valence-corrected chi connectivity index (χ1v) is 5.69. The van der Waals surface area contributed by atoms with Crippen molar-refractivity contribution in [2.75, 3.05) is 6.54 Å². The molecule has 1 atom stereocenters. The van der Waals surface area contributed by atoms with Gasteiger partial charge in [-0.05, 0) is 19.3 Å². The summed E-state index contributed by atoms with van der Waals surface area (Å²) in [6.45, 7) is 0.0188. The molecule has 0 aromatic carbocycles. The lowest BCUT2D eigenvalue weighted by Crippen LogP contribution is -2.45. The van der Waals surface area contributed by atoms with Gasteiger partial charge in [-0.1, -0.05) is 0 Å². The minimum Gasteiger partial charge on any atom is -0.206 e. The molecular weight excluding hydrogens is 214 g/mol. The lowest BCUT2D eigenvalue weighted by atomic mass is 10.1. The highest BCUT2D eigenvalue weighted by atomic mass is 32.2. The van der Waals surface area contributed by atoms with E-state index in [4.69, 9.17) is 5.26 Å². The quantitative estimate of drug-likeness (QED) is 0.700. The molecule has 0 aromatic heterocycles. The van der Waals surface area contributed by atoms with Gasteiger partial charge in [0.05, 0.1) is 6.07 Å². The van der Waals surface area contributed by atoms with E-state index in [0.717, 1.165) is 0 Å². The van der Waals surface area contributed by atoms with Crippen molar-refractivity contribution < 1.29 is 17.2 Å². The molecule has 1 saturated heterocycles. The third kappa shape index (κ3) is 2.01. The van der Waals surface area contributed by atoms with Crippen molar-refractivity contribution >= 4 is 10.0 Å². The molecule has 1 aliphatic heterocycles. The van der Waals surface area contributed by atoms with Gasteiger partial charge in [0, 0.05) is 6.54 Å². The molecule has 0 N–H and O–H groups in total. The topological polar surface area (TPSA) is 61.2 Å². The average Bonchev–Trinajstić information content (AvgIpc) is 2.17. The highest BCUT2D eigenvalue weighted by molar-refractivity contribution is 7.89. The molecule has 0 aliphatic carbocycles. The van der Waals surface area contributed by atoms with Crippen molar-refractivity contribution in [2.24, 2.45) is 0 Å². The molecule has 0 saturated carbocycles. The van der Waals surface area contributed by atoms with Crippen molar-refractivity contribution in [3.8, 4) is 6.07 Å². The summed E-state index contributed by atoms with van der Waals surface area (Å²) in [5.41, 5.74) is 0. The summed E-state index contributed by atoms with van der Waals surface area (Å²) in [7, 11) is -4.58. The highest BCUT2D eigenvalue weighted by Gasteiger charge is 2.38. The van der Waals surface area contributed by atoms with Crippen LogP contribution in [-0.2, 0) is 10.0 Å². The summed E-state index contributed by atoms with van der Waals surface area (Å²) in [5, 5.41) is 8.61. The largest absolute Gasteiger partial charge is 0.350 e. The van der Waals surface area contributed by atoms with Crippen LogP contribution in [0.15, 0.2) is 0 Å². The van der Waals surface area contributed by atoms with Crippen LogP contribution in [-0.4, -0.2) is 31.1 Å². The molecule has 1 aliphatic rings. The Morgan fingerprint density at radius 3 is 2.57 bits per heavy atom. The Labute approximate surface area is 81.2 Å². The van der Waals surface area contributed by atoms with Gasteiger partial charge in [0.25, 0.3) is 10.0 Å². The maximum atomic E-state index is 12.2. The van der Waals surface area contributed by atoms with E-state index in [9.17, 15) is 17.2 Å². The Morgan fingerprint density at radius 1 is 1.43 bits per heavy atom. The van der Waals surface area contributed by atoms with Crippen molar-refractivity contribution in [3.05, 3.63) is 0 Å². The van der Waals surface area contributed by atoms with Crippen LogP contribution >= 0.6 is 0 Å². The molecule has 0 radical (unpaired) electrons. The molecule has 7 heteroatoms. The second-order valence-electron chi connectivity index (χ2n) is 3.06. The first-order valence-electron chi connectivity index (χ1n) is 4.18. The summed E-state index contributed by atoms with van der Waals surface area (Å²) in [6, 6.07) is 0.800. The Morgan fingerprint density at radius 2 is 2.07 bits per heavy atom. The van der Waals surface area contributed by atoms with E-state index in [-0.39, 0.29) is 6.54 Å². The fraction of sp³-hybridized carbons (Fsp3) is 0.857. The molecule has 80 valence electrons. The average molecular weight is 224 g/mol. The number of rotatable bonds is 2. The number of sulfonamides is 1. The van der Waals surface area contributed by atoms with Crippen LogP contribution < -0.4 is 0 Å². The van der Waals surface area contributed by atoms with Crippen molar-refractivity contribution in [1.29, 1.82) is 5.26 Å². The second kappa shape index (κ2) is 4.19. The van der Waals surface area contributed by atoms with E-state index in [1.807, 2.05) is 0 Å². The minimum absolute atomic E-state index is 0.0188. The van der Waals surface area contributed by atoms with E-state index < -0.39 is 21.8 Å². The first kappa shape index (κ1) is 11.3. The summed E-state index contributed by atoms with van der Waals surface area (Å²) in [4.78, 5) is 0. The predicted octanol–water partition coefficient (Wildman–Crippen LogP) is 0.917. The van der Waals surface area contributed by atoms with Crippen LogP contribution in [0.3, 0.4) is 0 Å². The van der Waals surface area contributed by atoms with E-state index >= 15 is 0 Å². The van der Waals surface area contributed by atoms with Crippen LogP contribution in [0.4, 0.5) is 8.78 Å². The smallest absolute Gasteiger partial charge is 0.206 e. The number of halogens is 2. The molecule has 0 spiro atoms. The lowest BCUT2D eigenvalue weighted by Gasteiger charge is -2.29. The number of alkyl halides is 2. The molecule has 1 unspecified atom stereocenters. The third-order valence-electron chi connectivity index (χ3n) is 2.15. The van der Waals surface area contributed by atoms with Crippen molar-refractivity contribution in [2.45, 2.75) is 31.1 Å². The third-order valence-corrected chi connectivity index (χ3v) is 3.70. The van der Waals surface area contributed by atoms with Crippen molar-refractivity contribution in [1.82, 2.24) is 4.31 Å². The number of nitrogens with zero attached hydrogens (tertiary/aromatic N) is 2. The summed E-state index contributed by atoms with van der Waals surface area (Å²) < 4.78 is 47.1. The van der Waals surface area contributed by atoms with Crippen LogP contribution in [0.2, 0.25) is 0 Å². The molecular formula is C7H10F2N2O2S. The maximum absolute atomic E-state index is 12.2. The molecule has 0 amide bonds. The van der Waals surface area contributed by atoms with Crippen LogP contribution in [0.25, 0.3) is 0 Å². The van der Waals surface area contributed by atoms with E-state index in [1.54, 1.807) is 6.07 Å². The number of hydrogen-bond donors (Lipinski definition) is 0. The molecule has 1 heterocycles. The van der Waals surface area contributed by atoms with Gasteiger partial charge in [-0.25, -0.2) is 8.42 Å². The van der Waals surface area contributed by atoms with Crippen LogP contribution in [0, 0.1) is 11.3 Å². The van der Waals surface area contributed by atoms with Gasteiger partial charge in [0.1, 0.15) is 6.04 Å². The Kier molecular flexibility index (Phi) is 3.39. The van der Waals surface area contributed by atoms with Gasteiger partial charge in [-0.3, -0.25) is 0 Å². The fourth-order valence-electron chi connectivity index (χ4n) is 1.44. The molecule has 14 heavy (non-hydrogen) atoms. The van der Waals surface area contributed by atoms with E-state index in [2.05, 4.69) is 0 Å². The standard InChI is InChI=1S/C7H10F2N2O2S/c8-7(9)14(12,13)11-4-2-1-3-6(11)5-10/h6-7H,1-4H2. The van der Waals surface area contributed by atoms with Gasteiger partial charge < -0.3 is 0 Å². The SMILES string of the molecule is N#CC1CCCCN1S(=O)(=O)C(F)F. The van der Waals surface area contributed by atoms with E-state index in [0.29, 0.717) is 23.6 Å². The zero-order valence-electron chi connectivity index (χ0n) is 7.36. The summed E-state index contributed by atoms with van der Waals surface area (Å²) >= 11 is 0. The second-order valence-corrected chi connectivity index (χ2v) is 4.91.